The predicted octanol–water partition coefficient (Wildman–Crippen LogP) is 3.78. The fraction of sp³-hybridized carbons (Fsp3) is 0.300. The summed E-state index contributed by atoms with van der Waals surface area (Å²) >= 11 is 0. The van der Waals surface area contributed by atoms with Crippen LogP contribution in [0.25, 0.3) is 22.4 Å². The van der Waals surface area contributed by atoms with Crippen molar-refractivity contribution in [3.8, 4) is 11.4 Å². The van der Waals surface area contributed by atoms with Gasteiger partial charge in [-0.2, -0.15) is 18.3 Å². The third kappa shape index (κ3) is 3.06. The van der Waals surface area contributed by atoms with Crippen molar-refractivity contribution in [1.82, 2.24) is 29.3 Å². The molecule has 0 N–H and O–H groups in total. The van der Waals surface area contributed by atoms with Crippen LogP contribution in [0.15, 0.2) is 36.8 Å². The Labute approximate surface area is 164 Å². The minimum atomic E-state index is -4.46. The summed E-state index contributed by atoms with van der Waals surface area (Å²) in [6, 6.07) is 7.32. The number of halogens is 3. The summed E-state index contributed by atoms with van der Waals surface area (Å²) in [6.07, 6.45) is 1.01. The molecule has 6 nitrogen and oxygen atoms in total. The van der Waals surface area contributed by atoms with E-state index in [0.29, 0.717) is 12.1 Å². The molecule has 3 aromatic heterocycles. The molecular weight excluding hydrogens is 381 g/mol. The standard InChI is InChI=1S/C20H17F3N6/c1-28-10-16(20(21,22)23)26-18(28)13-7-5-12(6-8-13)9-29-19-17-14(24-11-25-19)3-2-4-15(17)27-29/h5-8,10-11H,2-4,9H2,1H3. The SMILES string of the molecule is Cn1cc(C(F)(F)F)nc1-c1ccc(Cn2nc3c4c(ncnc42)CCC3)cc1. The number of nitrogens with zero attached hydrogens (tertiary/aromatic N) is 6. The number of aryl methyl sites for hydroxylation is 3. The van der Waals surface area contributed by atoms with Crippen molar-refractivity contribution in [2.75, 3.05) is 0 Å². The zero-order chi connectivity index (χ0) is 20.2. The van der Waals surface area contributed by atoms with E-state index in [1.54, 1.807) is 25.5 Å². The molecule has 4 aromatic rings. The molecule has 0 amide bonds. The normalized spacial score (nSPS) is 13.9. The van der Waals surface area contributed by atoms with Crippen molar-refractivity contribution in [3.05, 3.63) is 59.4 Å². The molecule has 0 spiro atoms. The van der Waals surface area contributed by atoms with Gasteiger partial charge in [0.05, 0.1) is 23.3 Å². The minimum Gasteiger partial charge on any atom is -0.333 e. The Balaban J connectivity index is 1.45. The van der Waals surface area contributed by atoms with Gasteiger partial charge >= 0.3 is 6.18 Å². The van der Waals surface area contributed by atoms with Crippen molar-refractivity contribution in [2.24, 2.45) is 7.05 Å². The van der Waals surface area contributed by atoms with Crippen molar-refractivity contribution >= 4 is 11.0 Å². The van der Waals surface area contributed by atoms with Crippen LogP contribution in [0.1, 0.15) is 29.1 Å². The number of rotatable bonds is 3. The Bertz CT molecular complexity index is 1200. The molecule has 0 saturated heterocycles. The minimum absolute atomic E-state index is 0.277. The second-order valence-corrected chi connectivity index (χ2v) is 7.23. The Morgan fingerprint density at radius 2 is 1.79 bits per heavy atom. The second-order valence-electron chi connectivity index (χ2n) is 7.23. The van der Waals surface area contributed by atoms with Crippen molar-refractivity contribution < 1.29 is 13.2 Å². The van der Waals surface area contributed by atoms with Gasteiger partial charge in [-0.3, -0.25) is 0 Å². The molecule has 0 unspecified atom stereocenters. The van der Waals surface area contributed by atoms with Gasteiger partial charge in [-0.1, -0.05) is 24.3 Å². The van der Waals surface area contributed by atoms with Gasteiger partial charge in [0.2, 0.25) is 0 Å². The monoisotopic (exact) mass is 398 g/mol. The van der Waals surface area contributed by atoms with E-state index < -0.39 is 11.9 Å². The van der Waals surface area contributed by atoms with E-state index in [0.717, 1.165) is 53.4 Å². The summed E-state index contributed by atoms with van der Waals surface area (Å²) in [5, 5.41) is 5.77. The smallest absolute Gasteiger partial charge is 0.333 e. The van der Waals surface area contributed by atoms with Crippen LogP contribution in [0.4, 0.5) is 13.2 Å². The molecule has 1 aliphatic rings. The van der Waals surface area contributed by atoms with Crippen LogP contribution in [-0.4, -0.2) is 29.3 Å². The molecule has 1 aliphatic carbocycles. The fourth-order valence-corrected chi connectivity index (χ4v) is 3.85. The van der Waals surface area contributed by atoms with Crippen LogP contribution < -0.4 is 0 Å². The second kappa shape index (κ2) is 6.40. The highest BCUT2D eigenvalue weighted by Crippen LogP contribution is 2.31. The lowest BCUT2D eigenvalue weighted by Crippen LogP contribution is -2.05. The summed E-state index contributed by atoms with van der Waals surface area (Å²) < 4.78 is 42.0. The maximum Gasteiger partial charge on any atom is 0.434 e. The third-order valence-corrected chi connectivity index (χ3v) is 5.22. The number of hydrogen-bond acceptors (Lipinski definition) is 4. The molecule has 29 heavy (non-hydrogen) atoms. The Morgan fingerprint density at radius 3 is 2.52 bits per heavy atom. The topological polar surface area (TPSA) is 61.4 Å². The Kier molecular flexibility index (Phi) is 3.94. The molecule has 0 radical (unpaired) electrons. The van der Waals surface area contributed by atoms with Gasteiger partial charge in [-0.05, 0) is 24.8 Å². The highest BCUT2D eigenvalue weighted by atomic mass is 19.4. The first-order chi connectivity index (χ1) is 13.9. The number of aromatic nitrogens is 6. The molecule has 3 heterocycles. The largest absolute Gasteiger partial charge is 0.434 e. The third-order valence-electron chi connectivity index (χ3n) is 5.22. The number of alkyl halides is 3. The van der Waals surface area contributed by atoms with E-state index in [1.807, 2.05) is 16.8 Å². The summed E-state index contributed by atoms with van der Waals surface area (Å²) in [7, 11) is 1.56. The van der Waals surface area contributed by atoms with Gasteiger partial charge in [0.25, 0.3) is 0 Å². The maximum atomic E-state index is 12.9. The zero-order valence-electron chi connectivity index (χ0n) is 15.6. The van der Waals surface area contributed by atoms with Crippen LogP contribution in [0.3, 0.4) is 0 Å². The molecule has 0 bridgehead atoms. The van der Waals surface area contributed by atoms with Crippen molar-refractivity contribution in [3.63, 3.8) is 0 Å². The number of hydrogen-bond donors (Lipinski definition) is 0. The van der Waals surface area contributed by atoms with Crippen LogP contribution in [0, 0.1) is 0 Å². The van der Waals surface area contributed by atoms with Gasteiger partial charge in [-0.15, -0.1) is 0 Å². The molecule has 5 rings (SSSR count). The molecule has 0 fully saturated rings. The van der Waals surface area contributed by atoms with Crippen LogP contribution in [0.5, 0.6) is 0 Å². The maximum absolute atomic E-state index is 12.9. The van der Waals surface area contributed by atoms with E-state index in [-0.39, 0.29) is 5.82 Å². The van der Waals surface area contributed by atoms with E-state index in [1.165, 1.54) is 4.57 Å². The van der Waals surface area contributed by atoms with Gasteiger partial charge in [0.1, 0.15) is 12.2 Å². The van der Waals surface area contributed by atoms with Crippen molar-refractivity contribution in [2.45, 2.75) is 32.0 Å². The summed E-state index contributed by atoms with van der Waals surface area (Å²) in [4.78, 5) is 12.5. The first kappa shape index (κ1) is 17.8. The van der Waals surface area contributed by atoms with E-state index in [2.05, 4.69) is 15.0 Å². The van der Waals surface area contributed by atoms with Crippen LogP contribution in [-0.2, 0) is 32.6 Å². The molecular formula is C20H17F3N6. The first-order valence-corrected chi connectivity index (χ1v) is 9.29. The lowest BCUT2D eigenvalue weighted by Gasteiger charge is -2.08. The van der Waals surface area contributed by atoms with Gasteiger partial charge < -0.3 is 4.57 Å². The summed E-state index contributed by atoms with van der Waals surface area (Å²) in [5.41, 5.74) is 3.62. The summed E-state index contributed by atoms with van der Waals surface area (Å²) in [5.74, 6) is 0.277. The average Bonchev–Trinajstić information content (AvgIpc) is 3.25. The van der Waals surface area contributed by atoms with E-state index in [9.17, 15) is 13.2 Å². The molecule has 9 heteroatoms. The van der Waals surface area contributed by atoms with Crippen molar-refractivity contribution in [1.29, 1.82) is 0 Å². The number of benzene rings is 1. The van der Waals surface area contributed by atoms with Gasteiger partial charge in [0, 0.05) is 18.8 Å². The van der Waals surface area contributed by atoms with Crippen LogP contribution >= 0.6 is 0 Å². The Morgan fingerprint density at radius 1 is 1.03 bits per heavy atom. The van der Waals surface area contributed by atoms with Gasteiger partial charge in [-0.25, -0.2) is 19.6 Å². The molecule has 1 aromatic carbocycles. The quantitative estimate of drug-likeness (QED) is 0.527. The summed E-state index contributed by atoms with van der Waals surface area (Å²) in [6.45, 7) is 0.529. The molecule has 148 valence electrons. The molecule has 0 saturated carbocycles. The van der Waals surface area contributed by atoms with E-state index in [4.69, 9.17) is 5.10 Å². The first-order valence-electron chi connectivity index (χ1n) is 9.29. The molecule has 0 atom stereocenters. The fourth-order valence-electron chi connectivity index (χ4n) is 3.85. The highest BCUT2D eigenvalue weighted by molar-refractivity contribution is 5.81. The van der Waals surface area contributed by atoms with Crippen LogP contribution in [0.2, 0.25) is 0 Å². The lowest BCUT2D eigenvalue weighted by atomic mass is 10.0. The zero-order valence-corrected chi connectivity index (χ0v) is 15.6. The highest BCUT2D eigenvalue weighted by Gasteiger charge is 2.34. The van der Waals surface area contributed by atoms with E-state index >= 15 is 0 Å². The predicted molar refractivity (Wildman–Crippen MR) is 100 cm³/mol. The average molecular weight is 398 g/mol. The Hall–Kier alpha value is -3.23. The molecule has 0 aliphatic heterocycles. The number of imidazole rings is 1. The van der Waals surface area contributed by atoms with Gasteiger partial charge in [0.15, 0.2) is 11.3 Å². The lowest BCUT2D eigenvalue weighted by molar-refractivity contribution is -0.140.